The zero-order chi connectivity index (χ0) is 16.0. The van der Waals surface area contributed by atoms with Crippen LogP contribution >= 0.6 is 11.6 Å². The summed E-state index contributed by atoms with van der Waals surface area (Å²) < 4.78 is 11.0. The van der Waals surface area contributed by atoms with Gasteiger partial charge in [-0.05, 0) is 44.4 Å². The summed E-state index contributed by atoms with van der Waals surface area (Å²) >= 11 is 6.04. The first-order valence-electron chi connectivity index (χ1n) is 7.86. The van der Waals surface area contributed by atoms with Crippen LogP contribution < -0.4 is 5.32 Å². The molecule has 2 rings (SSSR count). The predicted molar refractivity (Wildman–Crippen MR) is 88.3 cm³/mol. The van der Waals surface area contributed by atoms with Gasteiger partial charge in [0.25, 0.3) is 0 Å². The first-order chi connectivity index (χ1) is 10.5. The number of rotatable bonds is 7. The highest BCUT2D eigenvalue weighted by atomic mass is 35.5. The molecule has 22 heavy (non-hydrogen) atoms. The van der Waals surface area contributed by atoms with E-state index in [9.17, 15) is 5.11 Å². The number of aliphatic hydroxyl groups excluding tert-OH is 1. The van der Waals surface area contributed by atoms with Crippen molar-refractivity contribution in [2.75, 3.05) is 26.4 Å². The molecule has 0 bridgehead atoms. The van der Waals surface area contributed by atoms with Gasteiger partial charge in [-0.1, -0.05) is 23.7 Å². The van der Waals surface area contributed by atoms with Crippen LogP contribution in [0.3, 0.4) is 0 Å². The fourth-order valence-electron chi connectivity index (χ4n) is 2.50. The van der Waals surface area contributed by atoms with Gasteiger partial charge < -0.3 is 19.9 Å². The summed E-state index contributed by atoms with van der Waals surface area (Å²) in [6, 6.07) is 7.77. The van der Waals surface area contributed by atoms with Crippen molar-refractivity contribution in [1.29, 1.82) is 0 Å². The molecule has 1 aliphatic rings. The second kappa shape index (κ2) is 8.27. The summed E-state index contributed by atoms with van der Waals surface area (Å²) in [5.74, 6) is 0. The Balaban J connectivity index is 1.75. The molecule has 1 aromatic rings. The number of halogens is 1. The van der Waals surface area contributed by atoms with Gasteiger partial charge in [0.05, 0.1) is 18.8 Å². The Kier molecular flexibility index (Phi) is 6.66. The minimum Gasteiger partial charge on any atom is -0.389 e. The summed E-state index contributed by atoms with van der Waals surface area (Å²) in [6.07, 6.45) is 1.51. The summed E-state index contributed by atoms with van der Waals surface area (Å²) in [6.45, 7) is 6.48. The quantitative estimate of drug-likeness (QED) is 0.808. The molecule has 0 saturated carbocycles. The van der Waals surface area contributed by atoms with Gasteiger partial charge in [0, 0.05) is 30.3 Å². The lowest BCUT2D eigenvalue weighted by atomic mass is 9.94. The fraction of sp³-hybridized carbons (Fsp3) is 0.647. The molecule has 0 amide bonds. The number of nitrogens with one attached hydrogen (secondary N) is 1. The third kappa shape index (κ3) is 5.52. The molecule has 2 N–H and O–H groups in total. The van der Waals surface area contributed by atoms with Crippen molar-refractivity contribution in [3.05, 3.63) is 34.9 Å². The van der Waals surface area contributed by atoms with Crippen molar-refractivity contribution in [3.63, 3.8) is 0 Å². The average molecular weight is 328 g/mol. The SMILES string of the molecule is CC(C)(NCC(O)COC1CCOCC1)c1cccc(Cl)c1. The van der Waals surface area contributed by atoms with E-state index in [1.165, 1.54) is 0 Å². The molecule has 4 nitrogen and oxygen atoms in total. The van der Waals surface area contributed by atoms with Gasteiger partial charge in [-0.2, -0.15) is 0 Å². The zero-order valence-corrected chi connectivity index (χ0v) is 14.1. The van der Waals surface area contributed by atoms with E-state index in [0.29, 0.717) is 13.2 Å². The minimum atomic E-state index is -0.527. The normalized spacial score (nSPS) is 18.4. The van der Waals surface area contributed by atoms with Gasteiger partial charge in [0.15, 0.2) is 0 Å². The van der Waals surface area contributed by atoms with Crippen LogP contribution in [-0.4, -0.2) is 43.7 Å². The molecule has 1 unspecified atom stereocenters. The van der Waals surface area contributed by atoms with Crippen LogP contribution in [0, 0.1) is 0 Å². The smallest absolute Gasteiger partial charge is 0.0898 e. The molecule has 1 atom stereocenters. The molecule has 1 saturated heterocycles. The topological polar surface area (TPSA) is 50.7 Å². The van der Waals surface area contributed by atoms with Crippen LogP contribution in [0.25, 0.3) is 0 Å². The number of aliphatic hydroxyl groups is 1. The summed E-state index contributed by atoms with van der Waals surface area (Å²) in [7, 11) is 0. The first-order valence-corrected chi connectivity index (χ1v) is 8.23. The highest BCUT2D eigenvalue weighted by molar-refractivity contribution is 6.30. The van der Waals surface area contributed by atoms with Gasteiger partial charge >= 0.3 is 0 Å². The Bertz CT molecular complexity index is 461. The molecule has 0 aromatic heterocycles. The van der Waals surface area contributed by atoms with E-state index < -0.39 is 6.10 Å². The lowest BCUT2D eigenvalue weighted by molar-refractivity contribution is -0.0593. The Morgan fingerprint density at radius 2 is 2.14 bits per heavy atom. The van der Waals surface area contributed by atoms with E-state index in [0.717, 1.165) is 36.6 Å². The molecule has 0 aliphatic carbocycles. The maximum atomic E-state index is 10.1. The Labute approximate surface area is 137 Å². The van der Waals surface area contributed by atoms with Crippen molar-refractivity contribution in [3.8, 4) is 0 Å². The van der Waals surface area contributed by atoms with Crippen LogP contribution in [0.4, 0.5) is 0 Å². The molecule has 1 aromatic carbocycles. The monoisotopic (exact) mass is 327 g/mol. The maximum Gasteiger partial charge on any atom is 0.0898 e. The van der Waals surface area contributed by atoms with Gasteiger partial charge in [-0.3, -0.25) is 0 Å². The predicted octanol–water partition coefficient (Wildman–Crippen LogP) is 2.72. The van der Waals surface area contributed by atoms with Crippen LogP contribution in [0.5, 0.6) is 0 Å². The molecule has 0 radical (unpaired) electrons. The van der Waals surface area contributed by atoms with Gasteiger partial charge in [-0.25, -0.2) is 0 Å². The van der Waals surface area contributed by atoms with E-state index in [-0.39, 0.29) is 11.6 Å². The summed E-state index contributed by atoms with van der Waals surface area (Å²) in [5, 5.41) is 14.2. The standard InChI is InChI=1S/C17H26ClNO3/c1-17(2,13-4-3-5-14(18)10-13)19-11-15(20)12-22-16-6-8-21-9-7-16/h3-5,10,15-16,19-20H,6-9,11-12H2,1-2H3. The Morgan fingerprint density at radius 3 is 2.82 bits per heavy atom. The third-order valence-corrected chi connectivity index (χ3v) is 4.25. The third-order valence-electron chi connectivity index (χ3n) is 4.02. The van der Waals surface area contributed by atoms with Crippen molar-refractivity contribution in [2.45, 2.75) is 44.4 Å². The van der Waals surface area contributed by atoms with Gasteiger partial charge in [0.1, 0.15) is 0 Å². The zero-order valence-electron chi connectivity index (χ0n) is 13.3. The van der Waals surface area contributed by atoms with Crippen LogP contribution in [-0.2, 0) is 15.0 Å². The molecule has 1 heterocycles. The van der Waals surface area contributed by atoms with E-state index >= 15 is 0 Å². The number of benzene rings is 1. The highest BCUT2D eigenvalue weighted by Gasteiger charge is 2.22. The van der Waals surface area contributed by atoms with Crippen molar-refractivity contribution < 1.29 is 14.6 Å². The molecular formula is C17H26ClNO3. The van der Waals surface area contributed by atoms with Crippen molar-refractivity contribution in [2.24, 2.45) is 0 Å². The van der Waals surface area contributed by atoms with Crippen LogP contribution in [0.1, 0.15) is 32.3 Å². The van der Waals surface area contributed by atoms with E-state index in [2.05, 4.69) is 19.2 Å². The first kappa shape index (κ1) is 17.7. The highest BCUT2D eigenvalue weighted by Crippen LogP contribution is 2.23. The van der Waals surface area contributed by atoms with E-state index in [1.807, 2.05) is 24.3 Å². The largest absolute Gasteiger partial charge is 0.389 e. The van der Waals surface area contributed by atoms with Crippen molar-refractivity contribution in [1.82, 2.24) is 5.32 Å². The summed E-state index contributed by atoms with van der Waals surface area (Å²) in [4.78, 5) is 0. The molecule has 1 aliphatic heterocycles. The van der Waals surface area contributed by atoms with E-state index in [1.54, 1.807) is 0 Å². The lowest BCUT2D eigenvalue weighted by Crippen LogP contribution is -2.43. The Hall–Kier alpha value is -0.650. The van der Waals surface area contributed by atoms with Crippen molar-refractivity contribution >= 4 is 11.6 Å². The number of hydrogen-bond acceptors (Lipinski definition) is 4. The van der Waals surface area contributed by atoms with Crippen LogP contribution in [0.2, 0.25) is 5.02 Å². The number of hydrogen-bond donors (Lipinski definition) is 2. The van der Waals surface area contributed by atoms with Gasteiger partial charge in [0.2, 0.25) is 0 Å². The molecular weight excluding hydrogens is 302 g/mol. The fourth-order valence-corrected chi connectivity index (χ4v) is 2.69. The van der Waals surface area contributed by atoms with E-state index in [4.69, 9.17) is 21.1 Å². The molecule has 124 valence electrons. The number of ether oxygens (including phenoxy) is 2. The second-order valence-electron chi connectivity index (χ2n) is 6.32. The molecule has 0 spiro atoms. The average Bonchev–Trinajstić information content (AvgIpc) is 2.52. The van der Waals surface area contributed by atoms with Crippen LogP contribution in [0.15, 0.2) is 24.3 Å². The maximum absolute atomic E-state index is 10.1. The Morgan fingerprint density at radius 1 is 1.41 bits per heavy atom. The lowest BCUT2D eigenvalue weighted by Gasteiger charge is -2.29. The summed E-state index contributed by atoms with van der Waals surface area (Å²) in [5.41, 5.74) is 0.836. The molecule has 1 fully saturated rings. The minimum absolute atomic E-state index is 0.212. The molecule has 5 heteroatoms. The second-order valence-corrected chi connectivity index (χ2v) is 6.75. The van der Waals surface area contributed by atoms with Gasteiger partial charge in [-0.15, -0.1) is 0 Å².